The van der Waals surface area contributed by atoms with Crippen molar-refractivity contribution in [2.45, 2.75) is 6.54 Å². The molecule has 0 bridgehead atoms. The molecule has 6 heteroatoms. The van der Waals surface area contributed by atoms with Gasteiger partial charge in [-0.3, -0.25) is 9.88 Å². The van der Waals surface area contributed by atoms with Crippen LogP contribution in [0.15, 0.2) is 42.9 Å². The molecule has 1 saturated heterocycles. The molecule has 2 heterocycles. The summed E-state index contributed by atoms with van der Waals surface area (Å²) < 4.78 is 0. The molecule has 2 aromatic rings. The molecule has 0 atom stereocenters. The number of aromatic nitrogens is 2. The minimum absolute atomic E-state index is 0.388. The highest BCUT2D eigenvalue weighted by molar-refractivity contribution is 5.89. The SMILES string of the molecule is O=C(O)c1ccccc1CN1CCN(c2cnccn2)CC1. The van der Waals surface area contributed by atoms with Gasteiger partial charge in [-0.05, 0) is 11.6 Å². The highest BCUT2D eigenvalue weighted by Crippen LogP contribution is 2.16. The normalized spacial score (nSPS) is 15.7. The molecule has 0 aliphatic carbocycles. The fourth-order valence-electron chi connectivity index (χ4n) is 2.70. The second-order valence-electron chi connectivity index (χ2n) is 5.29. The van der Waals surface area contributed by atoms with E-state index in [0.717, 1.165) is 37.6 Å². The van der Waals surface area contributed by atoms with E-state index < -0.39 is 5.97 Å². The maximum absolute atomic E-state index is 11.3. The number of anilines is 1. The molecule has 0 saturated carbocycles. The van der Waals surface area contributed by atoms with Gasteiger partial charge in [-0.1, -0.05) is 18.2 Å². The van der Waals surface area contributed by atoms with Crippen molar-refractivity contribution < 1.29 is 9.90 Å². The summed E-state index contributed by atoms with van der Waals surface area (Å²) in [4.78, 5) is 24.1. The molecule has 0 radical (unpaired) electrons. The zero-order valence-corrected chi connectivity index (χ0v) is 12.2. The number of benzene rings is 1. The molecular formula is C16H18N4O2. The monoisotopic (exact) mass is 298 g/mol. The Kier molecular flexibility index (Phi) is 4.29. The van der Waals surface area contributed by atoms with Crippen LogP contribution < -0.4 is 4.90 Å². The number of piperazine rings is 1. The maximum Gasteiger partial charge on any atom is 0.336 e. The molecular weight excluding hydrogens is 280 g/mol. The van der Waals surface area contributed by atoms with Crippen LogP contribution in [0.25, 0.3) is 0 Å². The summed E-state index contributed by atoms with van der Waals surface area (Å²) in [5.41, 5.74) is 1.25. The first-order chi connectivity index (χ1) is 10.7. The number of nitrogens with zero attached hydrogens (tertiary/aromatic N) is 4. The second-order valence-corrected chi connectivity index (χ2v) is 5.29. The summed E-state index contributed by atoms with van der Waals surface area (Å²) in [5.74, 6) is 0.0295. The van der Waals surface area contributed by atoms with Crippen LogP contribution >= 0.6 is 0 Å². The number of aromatic carboxylic acids is 1. The summed E-state index contributed by atoms with van der Waals surface area (Å²) >= 11 is 0. The fraction of sp³-hybridized carbons (Fsp3) is 0.312. The second kappa shape index (κ2) is 6.53. The van der Waals surface area contributed by atoms with E-state index >= 15 is 0 Å². The molecule has 22 heavy (non-hydrogen) atoms. The third-order valence-corrected chi connectivity index (χ3v) is 3.89. The number of carbonyl (C=O) groups is 1. The Balaban J connectivity index is 1.62. The van der Waals surface area contributed by atoms with Crippen molar-refractivity contribution >= 4 is 11.8 Å². The lowest BCUT2D eigenvalue weighted by molar-refractivity contribution is 0.0694. The van der Waals surface area contributed by atoms with E-state index in [9.17, 15) is 9.90 Å². The van der Waals surface area contributed by atoms with Crippen molar-refractivity contribution in [2.75, 3.05) is 31.1 Å². The van der Waals surface area contributed by atoms with Crippen molar-refractivity contribution in [3.05, 3.63) is 54.0 Å². The van der Waals surface area contributed by atoms with E-state index in [4.69, 9.17) is 0 Å². The highest BCUT2D eigenvalue weighted by Gasteiger charge is 2.19. The molecule has 1 N–H and O–H groups in total. The molecule has 1 aromatic heterocycles. The minimum atomic E-state index is -0.867. The largest absolute Gasteiger partial charge is 0.478 e. The lowest BCUT2D eigenvalue weighted by atomic mass is 10.1. The van der Waals surface area contributed by atoms with Crippen LogP contribution in [0, 0.1) is 0 Å². The minimum Gasteiger partial charge on any atom is -0.478 e. The highest BCUT2D eigenvalue weighted by atomic mass is 16.4. The van der Waals surface area contributed by atoms with E-state index in [0.29, 0.717) is 12.1 Å². The number of rotatable bonds is 4. The number of carboxylic acid groups (broad SMARTS) is 1. The standard InChI is InChI=1S/C16H18N4O2/c21-16(22)14-4-2-1-3-13(14)12-19-7-9-20(10-8-19)15-11-17-5-6-18-15/h1-6,11H,7-10,12H2,(H,21,22). The molecule has 114 valence electrons. The van der Waals surface area contributed by atoms with E-state index in [2.05, 4.69) is 19.8 Å². The lowest BCUT2D eigenvalue weighted by Crippen LogP contribution is -2.46. The first-order valence-electron chi connectivity index (χ1n) is 7.28. The van der Waals surface area contributed by atoms with Crippen LogP contribution in [0.5, 0.6) is 0 Å². The van der Waals surface area contributed by atoms with Crippen LogP contribution in [0.1, 0.15) is 15.9 Å². The van der Waals surface area contributed by atoms with Crippen LogP contribution in [-0.2, 0) is 6.54 Å². The smallest absolute Gasteiger partial charge is 0.336 e. The summed E-state index contributed by atoms with van der Waals surface area (Å²) in [6.45, 7) is 4.16. The van der Waals surface area contributed by atoms with Crippen molar-refractivity contribution in [2.24, 2.45) is 0 Å². The first kappa shape index (κ1) is 14.5. The lowest BCUT2D eigenvalue weighted by Gasteiger charge is -2.35. The zero-order chi connectivity index (χ0) is 15.4. The van der Waals surface area contributed by atoms with Crippen molar-refractivity contribution in [3.63, 3.8) is 0 Å². The molecule has 0 amide bonds. The third kappa shape index (κ3) is 3.23. The van der Waals surface area contributed by atoms with Gasteiger partial charge in [0.1, 0.15) is 5.82 Å². The Morgan fingerprint density at radius 2 is 1.91 bits per heavy atom. The van der Waals surface area contributed by atoms with Gasteiger partial charge in [0.2, 0.25) is 0 Å². The van der Waals surface area contributed by atoms with Crippen LogP contribution in [-0.4, -0.2) is 52.1 Å². The van der Waals surface area contributed by atoms with Gasteiger partial charge in [0.25, 0.3) is 0 Å². The Morgan fingerprint density at radius 1 is 1.14 bits per heavy atom. The predicted molar refractivity (Wildman–Crippen MR) is 82.9 cm³/mol. The summed E-state index contributed by atoms with van der Waals surface area (Å²) in [6.07, 6.45) is 5.14. The van der Waals surface area contributed by atoms with Crippen molar-refractivity contribution in [3.8, 4) is 0 Å². The average Bonchev–Trinajstić information content (AvgIpc) is 2.57. The molecule has 1 fully saturated rings. The van der Waals surface area contributed by atoms with Gasteiger partial charge in [-0.25, -0.2) is 9.78 Å². The fourth-order valence-corrected chi connectivity index (χ4v) is 2.70. The van der Waals surface area contributed by atoms with E-state index in [1.807, 2.05) is 12.1 Å². The molecule has 6 nitrogen and oxygen atoms in total. The Hall–Kier alpha value is -2.47. The van der Waals surface area contributed by atoms with Gasteiger partial charge >= 0.3 is 5.97 Å². The zero-order valence-electron chi connectivity index (χ0n) is 12.2. The first-order valence-corrected chi connectivity index (χ1v) is 7.28. The number of hydrogen-bond acceptors (Lipinski definition) is 5. The van der Waals surface area contributed by atoms with Crippen molar-refractivity contribution in [1.29, 1.82) is 0 Å². The Bertz CT molecular complexity index is 640. The van der Waals surface area contributed by atoms with Crippen LogP contribution in [0.2, 0.25) is 0 Å². The average molecular weight is 298 g/mol. The van der Waals surface area contributed by atoms with E-state index in [1.165, 1.54) is 0 Å². The quantitative estimate of drug-likeness (QED) is 0.922. The Morgan fingerprint density at radius 3 is 2.59 bits per heavy atom. The molecule has 1 aliphatic heterocycles. The summed E-state index contributed by atoms with van der Waals surface area (Å²) in [6, 6.07) is 7.20. The van der Waals surface area contributed by atoms with Gasteiger partial charge in [0.05, 0.1) is 11.8 Å². The van der Waals surface area contributed by atoms with Crippen LogP contribution in [0.3, 0.4) is 0 Å². The molecule has 0 spiro atoms. The van der Waals surface area contributed by atoms with Gasteiger partial charge < -0.3 is 10.0 Å². The van der Waals surface area contributed by atoms with E-state index in [1.54, 1.807) is 30.7 Å². The van der Waals surface area contributed by atoms with Gasteiger partial charge in [-0.15, -0.1) is 0 Å². The molecule has 0 unspecified atom stereocenters. The summed E-state index contributed by atoms with van der Waals surface area (Å²) in [5, 5.41) is 9.24. The number of carboxylic acids is 1. The predicted octanol–water partition coefficient (Wildman–Crippen LogP) is 1.50. The van der Waals surface area contributed by atoms with Gasteiger partial charge in [0, 0.05) is 45.1 Å². The maximum atomic E-state index is 11.3. The Labute approximate surface area is 129 Å². The van der Waals surface area contributed by atoms with E-state index in [-0.39, 0.29) is 0 Å². The third-order valence-electron chi connectivity index (χ3n) is 3.89. The molecule has 1 aromatic carbocycles. The topological polar surface area (TPSA) is 69.6 Å². The van der Waals surface area contributed by atoms with Crippen LogP contribution in [0.4, 0.5) is 5.82 Å². The number of hydrogen-bond donors (Lipinski definition) is 1. The van der Waals surface area contributed by atoms with Gasteiger partial charge in [0.15, 0.2) is 0 Å². The summed E-state index contributed by atoms with van der Waals surface area (Å²) in [7, 11) is 0. The molecule has 3 rings (SSSR count). The van der Waals surface area contributed by atoms with Crippen molar-refractivity contribution in [1.82, 2.24) is 14.9 Å². The van der Waals surface area contributed by atoms with Gasteiger partial charge in [-0.2, -0.15) is 0 Å². The molecule has 1 aliphatic rings.